The fourth-order valence-electron chi connectivity index (χ4n) is 1.52. The second-order valence-corrected chi connectivity index (χ2v) is 9.15. The Hall–Kier alpha value is -1.20. The third-order valence-electron chi connectivity index (χ3n) is 2.22. The first-order chi connectivity index (χ1) is 7.91. The number of nitrogens with two attached hydrogens (primary N) is 1. The van der Waals surface area contributed by atoms with Crippen molar-refractivity contribution in [3.8, 4) is 17.2 Å². The predicted molar refractivity (Wildman–Crippen MR) is 71.4 cm³/mol. The molecule has 0 amide bonds. The van der Waals surface area contributed by atoms with Crippen LogP contribution in [0.5, 0.6) is 17.2 Å². The Morgan fingerprint density at radius 3 is 2.06 bits per heavy atom. The first-order valence-electron chi connectivity index (χ1n) is 5.55. The lowest BCUT2D eigenvalue weighted by molar-refractivity contribution is 0.385. The maximum absolute atomic E-state index is 6.01. The summed E-state index contributed by atoms with van der Waals surface area (Å²) in [4.78, 5) is 0. The molecule has 0 aliphatic heterocycles. The Bertz CT molecular complexity index is 388. The Labute approximate surface area is 104 Å². The number of hydrogen-bond acceptors (Lipinski definition) is 4. The van der Waals surface area contributed by atoms with Crippen molar-refractivity contribution in [2.24, 2.45) is 5.73 Å². The van der Waals surface area contributed by atoms with E-state index in [9.17, 15) is 0 Å². The molecule has 2 N–H and O–H groups in total. The van der Waals surface area contributed by atoms with E-state index in [1.165, 1.54) is 0 Å². The van der Waals surface area contributed by atoms with Gasteiger partial charge in [-0.25, -0.2) is 0 Å². The van der Waals surface area contributed by atoms with Crippen molar-refractivity contribution in [1.29, 1.82) is 0 Å². The van der Waals surface area contributed by atoms with Gasteiger partial charge >= 0.3 is 0 Å². The Morgan fingerprint density at radius 1 is 1.06 bits per heavy atom. The van der Waals surface area contributed by atoms with Crippen molar-refractivity contribution >= 4 is 8.32 Å². The van der Waals surface area contributed by atoms with Crippen LogP contribution in [0.3, 0.4) is 0 Å². The minimum Gasteiger partial charge on any atom is -0.544 e. The molecule has 96 valence electrons. The maximum Gasteiger partial charge on any atom is 0.242 e. The van der Waals surface area contributed by atoms with Gasteiger partial charge in [-0.05, 0) is 19.6 Å². The fraction of sp³-hybridized carbons (Fsp3) is 0.500. The predicted octanol–water partition coefficient (Wildman–Crippen LogP) is 2.38. The SMILES string of the molecule is COc1cc(OC)c(CN)c(O[Si](C)(C)C)c1. The van der Waals surface area contributed by atoms with Crippen molar-refractivity contribution in [3.63, 3.8) is 0 Å². The van der Waals surface area contributed by atoms with Gasteiger partial charge < -0.3 is 19.6 Å². The standard InChI is InChI=1S/C12H21NO3Si/c1-14-9-6-11(15-2)10(8-13)12(7-9)16-17(3,4)5/h6-7H,8,13H2,1-5H3. The molecule has 1 aromatic carbocycles. The van der Waals surface area contributed by atoms with Crippen LogP contribution in [0.15, 0.2) is 12.1 Å². The molecular weight excluding hydrogens is 234 g/mol. The van der Waals surface area contributed by atoms with Crippen molar-refractivity contribution in [2.45, 2.75) is 26.2 Å². The Balaban J connectivity index is 3.24. The third-order valence-corrected chi connectivity index (χ3v) is 3.05. The van der Waals surface area contributed by atoms with E-state index in [1.54, 1.807) is 14.2 Å². The van der Waals surface area contributed by atoms with E-state index in [0.717, 1.165) is 11.3 Å². The number of rotatable bonds is 5. The molecule has 0 atom stereocenters. The topological polar surface area (TPSA) is 53.7 Å². The minimum absolute atomic E-state index is 0.382. The van der Waals surface area contributed by atoms with Crippen LogP contribution in [0.2, 0.25) is 19.6 Å². The molecule has 0 fully saturated rings. The van der Waals surface area contributed by atoms with E-state index in [-0.39, 0.29) is 0 Å². The van der Waals surface area contributed by atoms with Gasteiger partial charge in [0.15, 0.2) is 0 Å². The number of ether oxygens (including phenoxy) is 2. The molecule has 5 heteroatoms. The molecule has 0 aromatic heterocycles. The lowest BCUT2D eigenvalue weighted by atomic mass is 10.1. The zero-order valence-corrected chi connectivity index (χ0v) is 12.2. The summed E-state index contributed by atoms with van der Waals surface area (Å²) in [6.45, 7) is 6.75. The molecule has 0 heterocycles. The summed E-state index contributed by atoms with van der Waals surface area (Å²) in [5.74, 6) is 2.19. The lowest BCUT2D eigenvalue weighted by Crippen LogP contribution is -2.30. The van der Waals surface area contributed by atoms with Gasteiger partial charge in [-0.1, -0.05) is 0 Å². The highest BCUT2D eigenvalue weighted by Crippen LogP contribution is 2.35. The van der Waals surface area contributed by atoms with Crippen molar-refractivity contribution in [2.75, 3.05) is 14.2 Å². The summed E-state index contributed by atoms with van der Waals surface area (Å²) < 4.78 is 16.5. The second-order valence-electron chi connectivity index (χ2n) is 4.72. The lowest BCUT2D eigenvalue weighted by Gasteiger charge is -2.23. The average Bonchev–Trinajstić information content (AvgIpc) is 2.25. The van der Waals surface area contributed by atoms with E-state index in [1.807, 2.05) is 12.1 Å². The van der Waals surface area contributed by atoms with E-state index in [2.05, 4.69) is 19.6 Å². The van der Waals surface area contributed by atoms with Crippen LogP contribution in [0.25, 0.3) is 0 Å². The van der Waals surface area contributed by atoms with Crippen molar-refractivity contribution in [1.82, 2.24) is 0 Å². The van der Waals surface area contributed by atoms with Crippen LogP contribution in [0.4, 0.5) is 0 Å². The smallest absolute Gasteiger partial charge is 0.242 e. The summed E-state index contributed by atoms with van der Waals surface area (Å²) in [5.41, 5.74) is 6.64. The highest BCUT2D eigenvalue weighted by atomic mass is 28.4. The van der Waals surface area contributed by atoms with Crippen LogP contribution in [0, 0.1) is 0 Å². The molecular formula is C12H21NO3Si. The molecule has 0 spiro atoms. The highest BCUT2D eigenvalue weighted by Gasteiger charge is 2.20. The molecule has 17 heavy (non-hydrogen) atoms. The van der Waals surface area contributed by atoms with E-state index in [4.69, 9.17) is 19.6 Å². The van der Waals surface area contributed by atoms with Gasteiger partial charge in [0.1, 0.15) is 17.2 Å². The number of hydrogen-bond donors (Lipinski definition) is 1. The van der Waals surface area contributed by atoms with Gasteiger partial charge in [-0.2, -0.15) is 0 Å². The zero-order chi connectivity index (χ0) is 13.1. The fourth-order valence-corrected chi connectivity index (χ4v) is 2.36. The maximum atomic E-state index is 6.01. The van der Waals surface area contributed by atoms with Gasteiger partial charge in [0, 0.05) is 24.2 Å². The molecule has 1 rings (SSSR count). The van der Waals surface area contributed by atoms with Gasteiger partial charge in [0.25, 0.3) is 0 Å². The molecule has 0 saturated carbocycles. The Morgan fingerprint density at radius 2 is 1.65 bits per heavy atom. The molecule has 1 aromatic rings. The molecule has 0 radical (unpaired) electrons. The van der Waals surface area contributed by atoms with Crippen LogP contribution < -0.4 is 19.6 Å². The highest BCUT2D eigenvalue weighted by molar-refractivity contribution is 6.70. The van der Waals surface area contributed by atoms with E-state index < -0.39 is 8.32 Å². The van der Waals surface area contributed by atoms with Gasteiger partial charge in [-0.3, -0.25) is 0 Å². The molecule has 0 saturated heterocycles. The summed E-state index contributed by atoms with van der Waals surface area (Å²) in [6.07, 6.45) is 0. The van der Waals surface area contributed by atoms with Crippen molar-refractivity contribution in [3.05, 3.63) is 17.7 Å². The molecule has 0 bridgehead atoms. The number of methoxy groups -OCH3 is 2. The summed E-state index contributed by atoms with van der Waals surface area (Å²) >= 11 is 0. The minimum atomic E-state index is -1.68. The number of benzene rings is 1. The van der Waals surface area contributed by atoms with Gasteiger partial charge in [0.2, 0.25) is 8.32 Å². The summed E-state index contributed by atoms with van der Waals surface area (Å²) in [7, 11) is 1.55. The van der Waals surface area contributed by atoms with Gasteiger partial charge in [-0.15, -0.1) is 0 Å². The summed E-state index contributed by atoms with van der Waals surface area (Å²) in [6, 6.07) is 3.68. The van der Waals surface area contributed by atoms with Crippen molar-refractivity contribution < 1.29 is 13.9 Å². The first kappa shape index (κ1) is 13.9. The molecule has 0 aliphatic carbocycles. The quantitative estimate of drug-likeness (QED) is 0.821. The largest absolute Gasteiger partial charge is 0.544 e. The van der Waals surface area contributed by atoms with Crippen LogP contribution in [0.1, 0.15) is 5.56 Å². The monoisotopic (exact) mass is 255 g/mol. The van der Waals surface area contributed by atoms with Gasteiger partial charge in [0.05, 0.1) is 14.2 Å². The molecule has 0 aliphatic rings. The molecule has 0 unspecified atom stereocenters. The Kier molecular flexibility index (Phi) is 4.42. The molecule has 4 nitrogen and oxygen atoms in total. The van der Waals surface area contributed by atoms with E-state index >= 15 is 0 Å². The first-order valence-corrected chi connectivity index (χ1v) is 8.96. The summed E-state index contributed by atoms with van der Waals surface area (Å²) in [5, 5.41) is 0. The van der Waals surface area contributed by atoms with Crippen LogP contribution in [-0.4, -0.2) is 22.5 Å². The average molecular weight is 255 g/mol. The normalized spacial score (nSPS) is 11.2. The second kappa shape index (κ2) is 5.42. The zero-order valence-electron chi connectivity index (χ0n) is 11.2. The van der Waals surface area contributed by atoms with Crippen LogP contribution in [-0.2, 0) is 6.54 Å². The van der Waals surface area contributed by atoms with Crippen LogP contribution >= 0.6 is 0 Å². The third kappa shape index (κ3) is 3.64. The van der Waals surface area contributed by atoms with E-state index in [0.29, 0.717) is 18.0 Å².